The maximum Gasteiger partial charge on any atom is -0.00179 e. The molecule has 0 atom stereocenters. The normalized spacial score (nSPS) is 11.4. The largest absolute Gasteiger partial charge is 0.162 e. The fourth-order valence-corrected chi connectivity index (χ4v) is 4.15. The van der Waals surface area contributed by atoms with E-state index in [0.717, 1.165) is 0 Å². The summed E-state index contributed by atoms with van der Waals surface area (Å²) in [5, 5.41) is 4.52. The van der Waals surface area contributed by atoms with Gasteiger partial charge in [0.2, 0.25) is 0 Å². The van der Waals surface area contributed by atoms with Gasteiger partial charge in [0.1, 0.15) is 0 Å². The number of rotatable bonds is 12. The maximum absolute atomic E-state index is 2.26. The van der Waals surface area contributed by atoms with Gasteiger partial charge < -0.3 is 0 Å². The minimum absolute atomic E-state index is 1.26. The number of hydrogen-bond donors (Lipinski definition) is 0. The van der Waals surface area contributed by atoms with E-state index in [-0.39, 0.29) is 0 Å². The second kappa shape index (κ2) is 16.1. The van der Waals surface area contributed by atoms with Gasteiger partial charge in [-0.25, -0.2) is 0 Å². The van der Waals surface area contributed by atoms with E-state index in [1.54, 1.807) is 0 Å². The summed E-state index contributed by atoms with van der Waals surface area (Å²) < 4.78 is 0. The van der Waals surface area contributed by atoms with E-state index in [9.17, 15) is 0 Å². The van der Waals surface area contributed by atoms with Crippen molar-refractivity contribution >= 4 is 47.0 Å². The van der Waals surface area contributed by atoms with Crippen LogP contribution in [0.3, 0.4) is 0 Å². The van der Waals surface area contributed by atoms with Crippen molar-refractivity contribution < 1.29 is 0 Å². The van der Waals surface area contributed by atoms with Crippen LogP contribution in [0.2, 0.25) is 0 Å². The molecule has 0 aromatic carbocycles. The van der Waals surface area contributed by atoms with Crippen molar-refractivity contribution in [1.29, 1.82) is 0 Å². The second-order valence-electron chi connectivity index (χ2n) is 3.11. The van der Waals surface area contributed by atoms with Crippen LogP contribution in [-0.2, 0) is 0 Å². The summed E-state index contributed by atoms with van der Waals surface area (Å²) in [6.45, 7) is 4.45. The van der Waals surface area contributed by atoms with Gasteiger partial charge in [-0.05, 0) is 58.2 Å². The fourth-order valence-electron chi connectivity index (χ4n) is 0.992. The minimum atomic E-state index is 1.26. The van der Waals surface area contributed by atoms with Crippen LogP contribution in [0.15, 0.2) is 10.8 Å². The molecular weight excluding hydrogens is 272 g/mol. The zero-order valence-corrected chi connectivity index (χ0v) is 13.7. The van der Waals surface area contributed by atoms with Gasteiger partial charge >= 0.3 is 0 Å². The zero-order chi connectivity index (χ0) is 11.9. The van der Waals surface area contributed by atoms with Crippen LogP contribution in [0.4, 0.5) is 0 Å². The Labute approximate surface area is 119 Å². The monoisotopic (exact) mass is 296 g/mol. The minimum Gasteiger partial charge on any atom is -0.162 e. The molecule has 0 rings (SSSR count). The van der Waals surface area contributed by atoms with Crippen LogP contribution in [0, 0.1) is 0 Å². The summed E-state index contributed by atoms with van der Waals surface area (Å²) in [6.07, 6.45) is 2.68. The molecule has 0 N–H and O–H groups in total. The highest BCUT2D eigenvalue weighted by Crippen LogP contribution is 2.13. The summed E-state index contributed by atoms with van der Waals surface area (Å²) in [5.74, 6) is 7.70. The van der Waals surface area contributed by atoms with Crippen molar-refractivity contribution in [2.75, 3.05) is 34.5 Å². The summed E-state index contributed by atoms with van der Waals surface area (Å²) in [6, 6.07) is 0. The smallest absolute Gasteiger partial charge is 0.00179 e. The molecule has 0 saturated carbocycles. The molecule has 0 bridgehead atoms. The van der Waals surface area contributed by atoms with Crippen molar-refractivity contribution in [3.05, 3.63) is 10.8 Å². The quantitative estimate of drug-likeness (QED) is 0.453. The molecule has 0 radical (unpaired) electrons. The van der Waals surface area contributed by atoms with Gasteiger partial charge in [0.15, 0.2) is 0 Å². The molecule has 16 heavy (non-hydrogen) atoms. The topological polar surface area (TPSA) is 0 Å². The van der Waals surface area contributed by atoms with E-state index < -0.39 is 0 Å². The average molecular weight is 297 g/mol. The first-order valence-electron chi connectivity index (χ1n) is 5.95. The maximum atomic E-state index is 2.26. The number of thioether (sulfide) groups is 4. The molecule has 4 heteroatoms. The van der Waals surface area contributed by atoms with Crippen molar-refractivity contribution in [3.63, 3.8) is 0 Å². The zero-order valence-electron chi connectivity index (χ0n) is 10.4. The van der Waals surface area contributed by atoms with E-state index in [2.05, 4.69) is 24.7 Å². The molecule has 0 fully saturated rings. The Hall–Kier alpha value is 1.14. The Morgan fingerprint density at radius 3 is 1.50 bits per heavy atom. The van der Waals surface area contributed by atoms with Crippen LogP contribution in [0.5, 0.6) is 0 Å². The molecule has 0 spiro atoms. The lowest BCUT2D eigenvalue weighted by Gasteiger charge is -1.97. The van der Waals surface area contributed by atoms with Gasteiger partial charge in [-0.1, -0.05) is 13.8 Å². The average Bonchev–Trinajstić information content (AvgIpc) is 2.31. The summed E-state index contributed by atoms with van der Waals surface area (Å²) in [7, 11) is 0. The van der Waals surface area contributed by atoms with E-state index in [1.807, 2.05) is 47.0 Å². The van der Waals surface area contributed by atoms with E-state index >= 15 is 0 Å². The van der Waals surface area contributed by atoms with Crippen molar-refractivity contribution in [1.82, 2.24) is 0 Å². The van der Waals surface area contributed by atoms with E-state index in [1.165, 1.54) is 47.4 Å². The van der Waals surface area contributed by atoms with E-state index in [0.29, 0.717) is 0 Å². The predicted molar refractivity (Wildman–Crippen MR) is 89.3 cm³/mol. The van der Waals surface area contributed by atoms with Crippen molar-refractivity contribution in [3.8, 4) is 0 Å². The van der Waals surface area contributed by atoms with Crippen LogP contribution in [-0.4, -0.2) is 34.5 Å². The van der Waals surface area contributed by atoms with Crippen LogP contribution in [0.1, 0.15) is 26.7 Å². The van der Waals surface area contributed by atoms with Gasteiger partial charge in [-0.15, -0.1) is 23.5 Å². The van der Waals surface area contributed by atoms with Crippen molar-refractivity contribution in [2.24, 2.45) is 0 Å². The molecule has 0 aliphatic heterocycles. The standard InChI is InChI=1S/C12H24S4/c1-3-13-7-5-9-15-11-12-16-10-6-8-14-4-2/h11-12H,3-10H2,1-2H3. The first-order chi connectivity index (χ1) is 7.91. The molecule has 0 nitrogen and oxygen atoms in total. The lowest BCUT2D eigenvalue weighted by molar-refractivity contribution is 1.12. The van der Waals surface area contributed by atoms with Crippen LogP contribution < -0.4 is 0 Å². The molecule has 0 amide bonds. The summed E-state index contributed by atoms with van der Waals surface area (Å²) >= 11 is 7.99. The van der Waals surface area contributed by atoms with Gasteiger partial charge in [-0.3, -0.25) is 0 Å². The predicted octanol–water partition coefficient (Wildman–Crippen LogP) is 5.21. The molecule has 0 unspecified atom stereocenters. The first-order valence-corrected chi connectivity index (χ1v) is 10.4. The molecule has 0 saturated heterocycles. The van der Waals surface area contributed by atoms with Gasteiger partial charge in [0.05, 0.1) is 0 Å². The molecule has 0 aromatic heterocycles. The molecule has 0 heterocycles. The highest BCUT2D eigenvalue weighted by atomic mass is 32.2. The van der Waals surface area contributed by atoms with Gasteiger partial charge in [-0.2, -0.15) is 23.5 Å². The summed E-state index contributed by atoms with van der Waals surface area (Å²) in [5.41, 5.74) is 0. The molecule has 0 aliphatic rings. The number of hydrogen-bond acceptors (Lipinski definition) is 4. The third-order valence-electron chi connectivity index (χ3n) is 1.76. The Morgan fingerprint density at radius 2 is 1.12 bits per heavy atom. The molecule has 0 aliphatic carbocycles. The summed E-state index contributed by atoms with van der Waals surface area (Å²) in [4.78, 5) is 0. The lowest BCUT2D eigenvalue weighted by Crippen LogP contribution is -1.83. The Morgan fingerprint density at radius 1 is 0.688 bits per heavy atom. The third kappa shape index (κ3) is 15.1. The Kier molecular flexibility index (Phi) is 17.3. The first kappa shape index (κ1) is 17.1. The van der Waals surface area contributed by atoms with Gasteiger partial charge in [0.25, 0.3) is 0 Å². The SMILES string of the molecule is CCSCCCSC=CSCCCSCC. The lowest BCUT2D eigenvalue weighted by atomic mass is 10.6. The van der Waals surface area contributed by atoms with Gasteiger partial charge in [0, 0.05) is 0 Å². The molecule has 96 valence electrons. The highest BCUT2D eigenvalue weighted by Gasteiger charge is 1.88. The molecule has 0 aromatic rings. The Bertz CT molecular complexity index is 132. The van der Waals surface area contributed by atoms with Crippen molar-refractivity contribution in [2.45, 2.75) is 26.7 Å². The van der Waals surface area contributed by atoms with Crippen LogP contribution >= 0.6 is 47.0 Å². The molecular formula is C12H24S4. The highest BCUT2D eigenvalue weighted by molar-refractivity contribution is 8.05. The second-order valence-corrected chi connectivity index (χ2v) is 7.93. The van der Waals surface area contributed by atoms with E-state index in [4.69, 9.17) is 0 Å². The van der Waals surface area contributed by atoms with Crippen LogP contribution in [0.25, 0.3) is 0 Å². The Balaban J connectivity index is 2.98. The third-order valence-corrected chi connectivity index (χ3v) is 5.61. The fraction of sp³-hybridized carbons (Fsp3) is 0.833.